The van der Waals surface area contributed by atoms with Crippen LogP contribution in [0.2, 0.25) is 0 Å². The molecule has 8 heteroatoms. The molecular weight excluding hydrogens is 294 g/mol. The van der Waals surface area contributed by atoms with Crippen molar-refractivity contribution in [3.05, 3.63) is 39.8 Å². The second kappa shape index (κ2) is 5.28. The van der Waals surface area contributed by atoms with Crippen LogP contribution in [0.15, 0.2) is 22.7 Å². The van der Waals surface area contributed by atoms with Crippen LogP contribution in [0.1, 0.15) is 17.4 Å². The molecule has 1 aromatic carbocycles. The summed E-state index contributed by atoms with van der Waals surface area (Å²) in [6.07, 6.45) is 0. The Morgan fingerprint density at radius 2 is 2.29 bits per heavy atom. The first-order valence-corrected chi connectivity index (χ1v) is 7.41. The van der Waals surface area contributed by atoms with Gasteiger partial charge in [-0.25, -0.2) is 0 Å². The molecule has 1 unspecified atom stereocenters. The van der Waals surface area contributed by atoms with E-state index in [4.69, 9.17) is 4.52 Å². The minimum atomic E-state index is -0.471. The minimum absolute atomic E-state index is 0.0329. The molecule has 2 heterocycles. The monoisotopic (exact) mass is 305 g/mol. The Bertz CT molecular complexity index is 728. The minimum Gasteiger partial charge on any atom is -0.338 e. The zero-order valence-corrected chi connectivity index (χ0v) is 11.9. The quantitative estimate of drug-likeness (QED) is 0.634. The summed E-state index contributed by atoms with van der Waals surface area (Å²) < 4.78 is 5.16. The van der Waals surface area contributed by atoms with E-state index in [-0.39, 0.29) is 29.1 Å². The maximum absolute atomic E-state index is 11.7. The summed E-state index contributed by atoms with van der Waals surface area (Å²) in [5.74, 6) is 1.36. The fourth-order valence-corrected chi connectivity index (χ4v) is 3.21. The number of nitro benzene ring substituents is 1. The molecule has 3 rings (SSSR count). The molecule has 0 amide bonds. The van der Waals surface area contributed by atoms with E-state index in [0.29, 0.717) is 17.1 Å². The summed E-state index contributed by atoms with van der Waals surface area (Å²) in [6.45, 7) is 1.81. The normalized spacial score (nSPS) is 18.1. The van der Waals surface area contributed by atoms with E-state index < -0.39 is 4.92 Å². The van der Waals surface area contributed by atoms with Gasteiger partial charge in [0, 0.05) is 23.4 Å². The van der Waals surface area contributed by atoms with Crippen molar-refractivity contribution in [1.82, 2.24) is 10.1 Å². The summed E-state index contributed by atoms with van der Waals surface area (Å²) in [6, 6.07) is 4.48. The molecule has 0 N–H and O–H groups in total. The van der Waals surface area contributed by atoms with Crippen LogP contribution in [-0.2, 0) is 4.79 Å². The predicted octanol–water partition coefficient (Wildman–Crippen LogP) is 2.35. The Balaban J connectivity index is 1.98. The number of Topliss-reactive ketones (excluding diaryl/α,β-unsaturated/α-hetero) is 1. The smallest absolute Gasteiger partial charge is 0.270 e. The number of rotatable bonds is 3. The van der Waals surface area contributed by atoms with E-state index in [2.05, 4.69) is 10.1 Å². The third-order valence-electron chi connectivity index (χ3n) is 3.33. The number of carbonyl (C=O) groups excluding carboxylic acids is 1. The first kappa shape index (κ1) is 13.7. The summed E-state index contributed by atoms with van der Waals surface area (Å²) in [4.78, 5) is 26.3. The lowest BCUT2D eigenvalue weighted by atomic mass is 10.1. The van der Waals surface area contributed by atoms with Gasteiger partial charge in [-0.05, 0) is 12.5 Å². The highest BCUT2D eigenvalue weighted by Gasteiger charge is 2.32. The van der Waals surface area contributed by atoms with Crippen LogP contribution in [-0.4, -0.2) is 32.4 Å². The maximum atomic E-state index is 11.7. The third kappa shape index (κ3) is 2.54. The maximum Gasteiger partial charge on any atom is 0.270 e. The second-order valence-electron chi connectivity index (χ2n) is 4.75. The fourth-order valence-electron chi connectivity index (χ4n) is 2.13. The number of carbonyl (C=O) groups is 1. The van der Waals surface area contributed by atoms with Gasteiger partial charge in [0.1, 0.15) is 5.92 Å². The van der Waals surface area contributed by atoms with Crippen molar-refractivity contribution >= 4 is 23.2 Å². The van der Waals surface area contributed by atoms with Crippen molar-refractivity contribution in [3.8, 4) is 11.4 Å². The standard InChI is InChI=1S/C13H11N3O4S/c1-7-2-3-8(16(18)19)4-9(7)12-14-13(20-15-12)10-5-21-6-11(10)17/h2-4,10H,5-6H2,1H3. The molecule has 0 radical (unpaired) electrons. The SMILES string of the molecule is Cc1ccc([N+](=O)[O-])cc1-c1noc(C2CSCC2=O)n1. The number of benzene rings is 1. The Hall–Kier alpha value is -2.22. The molecule has 1 aliphatic heterocycles. The lowest BCUT2D eigenvalue weighted by Crippen LogP contribution is -2.09. The van der Waals surface area contributed by atoms with Gasteiger partial charge in [-0.2, -0.15) is 16.7 Å². The molecule has 1 saturated heterocycles. The van der Waals surface area contributed by atoms with Crippen LogP contribution in [0.5, 0.6) is 0 Å². The number of aromatic nitrogens is 2. The third-order valence-corrected chi connectivity index (χ3v) is 4.39. The van der Waals surface area contributed by atoms with Gasteiger partial charge >= 0.3 is 0 Å². The van der Waals surface area contributed by atoms with Gasteiger partial charge in [0.15, 0.2) is 5.78 Å². The van der Waals surface area contributed by atoms with E-state index in [1.54, 1.807) is 6.07 Å². The highest BCUT2D eigenvalue weighted by Crippen LogP contribution is 2.31. The van der Waals surface area contributed by atoms with Crippen LogP contribution in [0.3, 0.4) is 0 Å². The Kier molecular flexibility index (Phi) is 3.46. The molecular formula is C13H11N3O4S. The van der Waals surface area contributed by atoms with Crippen molar-refractivity contribution in [2.24, 2.45) is 0 Å². The van der Waals surface area contributed by atoms with Crippen LogP contribution < -0.4 is 0 Å². The molecule has 1 aliphatic rings. The predicted molar refractivity (Wildman–Crippen MR) is 76.2 cm³/mol. The average molecular weight is 305 g/mol. The van der Waals surface area contributed by atoms with Crippen molar-refractivity contribution < 1.29 is 14.2 Å². The molecule has 0 aliphatic carbocycles. The van der Waals surface area contributed by atoms with Crippen molar-refractivity contribution in [3.63, 3.8) is 0 Å². The Morgan fingerprint density at radius 1 is 1.48 bits per heavy atom. The van der Waals surface area contributed by atoms with Crippen molar-refractivity contribution in [1.29, 1.82) is 0 Å². The largest absolute Gasteiger partial charge is 0.338 e. The first-order chi connectivity index (χ1) is 10.1. The van der Waals surface area contributed by atoms with Crippen molar-refractivity contribution in [2.75, 3.05) is 11.5 Å². The number of nitro groups is 1. The molecule has 0 spiro atoms. The van der Waals surface area contributed by atoms with Gasteiger partial charge in [0.2, 0.25) is 11.7 Å². The number of ketones is 1. The molecule has 1 fully saturated rings. The Morgan fingerprint density at radius 3 is 2.95 bits per heavy atom. The molecule has 2 aromatic rings. The van der Waals surface area contributed by atoms with Gasteiger partial charge in [-0.15, -0.1) is 0 Å². The van der Waals surface area contributed by atoms with E-state index >= 15 is 0 Å². The van der Waals surface area contributed by atoms with Gasteiger partial charge in [-0.1, -0.05) is 11.2 Å². The van der Waals surface area contributed by atoms with E-state index in [1.165, 1.54) is 23.9 Å². The van der Waals surface area contributed by atoms with E-state index in [9.17, 15) is 14.9 Å². The van der Waals surface area contributed by atoms with Crippen molar-refractivity contribution in [2.45, 2.75) is 12.8 Å². The van der Waals surface area contributed by atoms with Gasteiger partial charge < -0.3 is 4.52 Å². The van der Waals surface area contributed by atoms with Crippen LogP contribution >= 0.6 is 11.8 Å². The number of non-ortho nitro benzene ring substituents is 1. The molecule has 1 atom stereocenters. The van der Waals surface area contributed by atoms with Gasteiger partial charge in [0.05, 0.1) is 10.7 Å². The summed E-state index contributed by atoms with van der Waals surface area (Å²) in [7, 11) is 0. The topological polar surface area (TPSA) is 99.1 Å². The number of aryl methyl sites for hydroxylation is 1. The first-order valence-electron chi connectivity index (χ1n) is 6.25. The highest BCUT2D eigenvalue weighted by molar-refractivity contribution is 8.00. The van der Waals surface area contributed by atoms with Crippen LogP contribution in [0.4, 0.5) is 5.69 Å². The molecule has 0 bridgehead atoms. The molecule has 108 valence electrons. The number of hydrogen-bond donors (Lipinski definition) is 0. The summed E-state index contributed by atoms with van der Waals surface area (Å²) >= 11 is 1.53. The fraction of sp³-hybridized carbons (Fsp3) is 0.308. The summed E-state index contributed by atoms with van der Waals surface area (Å²) in [5, 5.41) is 14.7. The summed E-state index contributed by atoms with van der Waals surface area (Å²) in [5.41, 5.74) is 1.31. The molecule has 0 saturated carbocycles. The molecule has 1 aromatic heterocycles. The number of hydrogen-bond acceptors (Lipinski definition) is 7. The Labute approximate surface area is 123 Å². The van der Waals surface area contributed by atoms with Crippen LogP contribution in [0, 0.1) is 17.0 Å². The average Bonchev–Trinajstić information content (AvgIpc) is 3.07. The zero-order valence-electron chi connectivity index (χ0n) is 11.1. The van der Waals surface area contributed by atoms with E-state index in [1.807, 2.05) is 6.92 Å². The van der Waals surface area contributed by atoms with Gasteiger partial charge in [-0.3, -0.25) is 14.9 Å². The second-order valence-corrected chi connectivity index (χ2v) is 5.78. The highest BCUT2D eigenvalue weighted by atomic mass is 32.2. The van der Waals surface area contributed by atoms with Crippen LogP contribution in [0.25, 0.3) is 11.4 Å². The van der Waals surface area contributed by atoms with E-state index in [0.717, 1.165) is 5.56 Å². The molecule has 7 nitrogen and oxygen atoms in total. The van der Waals surface area contributed by atoms with Gasteiger partial charge in [0.25, 0.3) is 5.69 Å². The lowest BCUT2D eigenvalue weighted by Gasteiger charge is -2.00. The number of nitrogens with zero attached hydrogens (tertiary/aromatic N) is 3. The lowest BCUT2D eigenvalue weighted by molar-refractivity contribution is -0.384. The zero-order chi connectivity index (χ0) is 15.0. The number of thioether (sulfide) groups is 1. The molecule has 21 heavy (non-hydrogen) atoms.